The van der Waals surface area contributed by atoms with Crippen molar-refractivity contribution in [1.29, 1.82) is 0 Å². The predicted octanol–water partition coefficient (Wildman–Crippen LogP) is 3.12. The summed E-state index contributed by atoms with van der Waals surface area (Å²) in [6, 6.07) is 11.6. The van der Waals surface area contributed by atoms with Gasteiger partial charge in [0.05, 0.1) is 5.69 Å². The quantitative estimate of drug-likeness (QED) is 0.796. The van der Waals surface area contributed by atoms with E-state index < -0.39 is 6.10 Å². The molecule has 1 fully saturated rings. The SMILES string of the molecule is CCc1ccc(C(O)COc2ccc(CC3CNC(=O)S3)cc2)nc1. The predicted molar refractivity (Wildman–Crippen MR) is 99.0 cm³/mol. The number of thioether (sulfide) groups is 1. The molecule has 1 amide bonds. The van der Waals surface area contributed by atoms with Crippen LogP contribution in [0.4, 0.5) is 4.79 Å². The minimum atomic E-state index is -0.752. The summed E-state index contributed by atoms with van der Waals surface area (Å²) in [6.07, 6.45) is 2.81. The van der Waals surface area contributed by atoms with Crippen molar-refractivity contribution >= 4 is 17.0 Å². The molecule has 6 heteroatoms. The number of nitrogens with one attached hydrogen (secondary N) is 1. The summed E-state index contributed by atoms with van der Waals surface area (Å²) < 4.78 is 5.66. The zero-order chi connectivity index (χ0) is 17.6. The summed E-state index contributed by atoms with van der Waals surface area (Å²) in [5.74, 6) is 0.709. The van der Waals surface area contributed by atoms with E-state index >= 15 is 0 Å². The Kier molecular flexibility index (Phi) is 5.94. The third kappa shape index (κ3) is 4.96. The maximum absolute atomic E-state index is 11.2. The van der Waals surface area contributed by atoms with Crippen LogP contribution >= 0.6 is 11.8 Å². The van der Waals surface area contributed by atoms with Crippen LogP contribution < -0.4 is 10.1 Å². The van der Waals surface area contributed by atoms with E-state index in [0.29, 0.717) is 16.7 Å². The van der Waals surface area contributed by atoms with Gasteiger partial charge in [0.25, 0.3) is 5.24 Å². The van der Waals surface area contributed by atoms with E-state index in [4.69, 9.17) is 4.74 Å². The van der Waals surface area contributed by atoms with Crippen molar-refractivity contribution in [3.63, 3.8) is 0 Å². The van der Waals surface area contributed by atoms with Crippen LogP contribution in [0.25, 0.3) is 0 Å². The number of aryl methyl sites for hydroxylation is 1. The summed E-state index contributed by atoms with van der Waals surface area (Å²) in [4.78, 5) is 15.5. The highest BCUT2D eigenvalue weighted by atomic mass is 32.2. The number of pyridine rings is 1. The van der Waals surface area contributed by atoms with Gasteiger partial charge < -0.3 is 15.2 Å². The van der Waals surface area contributed by atoms with E-state index in [1.54, 1.807) is 6.20 Å². The van der Waals surface area contributed by atoms with Crippen LogP contribution in [0.5, 0.6) is 5.75 Å². The molecule has 1 aromatic carbocycles. The normalized spacial score (nSPS) is 18.0. The minimum Gasteiger partial charge on any atom is -0.490 e. The Morgan fingerprint density at radius 3 is 2.64 bits per heavy atom. The topological polar surface area (TPSA) is 71.5 Å². The number of aromatic nitrogens is 1. The Balaban J connectivity index is 1.50. The molecule has 1 aliphatic rings. The molecule has 2 aromatic rings. The zero-order valence-corrected chi connectivity index (χ0v) is 15.0. The summed E-state index contributed by atoms with van der Waals surface area (Å²) in [5.41, 5.74) is 2.92. The molecule has 1 aromatic heterocycles. The molecule has 2 unspecified atom stereocenters. The van der Waals surface area contributed by atoms with Gasteiger partial charge in [-0.05, 0) is 42.2 Å². The number of rotatable bonds is 7. The number of benzene rings is 1. The van der Waals surface area contributed by atoms with Gasteiger partial charge in [0.15, 0.2) is 0 Å². The molecule has 0 bridgehead atoms. The maximum atomic E-state index is 11.2. The molecule has 1 aliphatic heterocycles. The van der Waals surface area contributed by atoms with Gasteiger partial charge in [0.1, 0.15) is 18.5 Å². The molecule has 2 heterocycles. The second-order valence-electron chi connectivity index (χ2n) is 6.03. The van der Waals surface area contributed by atoms with Gasteiger partial charge in [0.2, 0.25) is 0 Å². The third-order valence-electron chi connectivity index (χ3n) is 4.14. The molecule has 1 saturated heterocycles. The second-order valence-corrected chi connectivity index (χ2v) is 7.30. The molecule has 0 saturated carbocycles. The van der Waals surface area contributed by atoms with Crippen LogP contribution in [0.2, 0.25) is 0 Å². The lowest BCUT2D eigenvalue weighted by molar-refractivity contribution is 0.104. The average Bonchev–Trinajstić information content (AvgIpc) is 3.05. The van der Waals surface area contributed by atoms with Gasteiger partial charge in [0, 0.05) is 18.0 Å². The van der Waals surface area contributed by atoms with Gasteiger partial charge in [-0.1, -0.05) is 36.9 Å². The molecule has 0 spiro atoms. The molecule has 3 rings (SSSR count). The molecule has 0 aliphatic carbocycles. The first-order chi connectivity index (χ1) is 12.1. The van der Waals surface area contributed by atoms with Crippen molar-refractivity contribution < 1.29 is 14.6 Å². The standard InChI is InChI=1S/C19H22N2O3S/c1-2-13-5-8-17(20-10-13)18(22)12-24-15-6-3-14(4-7-15)9-16-11-21-19(23)25-16/h3-8,10,16,18,22H,2,9,11-12H2,1H3,(H,21,23). The van der Waals surface area contributed by atoms with Crippen molar-refractivity contribution in [3.8, 4) is 5.75 Å². The molecule has 0 radical (unpaired) electrons. The van der Waals surface area contributed by atoms with Crippen LogP contribution in [-0.2, 0) is 12.8 Å². The fourth-order valence-corrected chi connectivity index (χ4v) is 3.54. The highest BCUT2D eigenvalue weighted by molar-refractivity contribution is 8.14. The van der Waals surface area contributed by atoms with Crippen molar-refractivity contribution in [2.24, 2.45) is 0 Å². The Hall–Kier alpha value is -2.05. The van der Waals surface area contributed by atoms with Crippen LogP contribution in [0.15, 0.2) is 42.6 Å². The van der Waals surface area contributed by atoms with E-state index in [2.05, 4.69) is 17.2 Å². The molecule has 2 N–H and O–H groups in total. The lowest BCUT2D eigenvalue weighted by Gasteiger charge is -2.13. The first-order valence-corrected chi connectivity index (χ1v) is 9.31. The van der Waals surface area contributed by atoms with E-state index in [0.717, 1.165) is 24.9 Å². The van der Waals surface area contributed by atoms with Crippen molar-refractivity contribution in [2.75, 3.05) is 13.2 Å². The van der Waals surface area contributed by atoms with Crippen LogP contribution in [0, 0.1) is 0 Å². The lowest BCUT2D eigenvalue weighted by Crippen LogP contribution is -2.16. The van der Waals surface area contributed by atoms with Gasteiger partial charge in [-0.15, -0.1) is 0 Å². The smallest absolute Gasteiger partial charge is 0.279 e. The number of hydrogen-bond donors (Lipinski definition) is 2. The average molecular weight is 358 g/mol. The van der Waals surface area contributed by atoms with Crippen molar-refractivity contribution in [1.82, 2.24) is 10.3 Å². The highest BCUT2D eigenvalue weighted by Crippen LogP contribution is 2.23. The van der Waals surface area contributed by atoms with Crippen LogP contribution in [0.1, 0.15) is 29.8 Å². The first kappa shape index (κ1) is 17.8. The molecule has 132 valence electrons. The molecule has 5 nitrogen and oxygen atoms in total. The Morgan fingerprint density at radius 1 is 1.28 bits per heavy atom. The molecule has 25 heavy (non-hydrogen) atoms. The largest absolute Gasteiger partial charge is 0.490 e. The van der Waals surface area contributed by atoms with Crippen molar-refractivity contribution in [2.45, 2.75) is 31.1 Å². The second kappa shape index (κ2) is 8.36. The molecule has 2 atom stereocenters. The monoisotopic (exact) mass is 358 g/mol. The third-order valence-corrected chi connectivity index (χ3v) is 5.16. The Morgan fingerprint density at radius 2 is 2.04 bits per heavy atom. The minimum absolute atomic E-state index is 0.0551. The fraction of sp³-hybridized carbons (Fsp3) is 0.368. The zero-order valence-electron chi connectivity index (χ0n) is 14.1. The van der Waals surface area contributed by atoms with Crippen molar-refractivity contribution in [3.05, 3.63) is 59.4 Å². The number of amides is 1. The fourth-order valence-electron chi connectivity index (χ4n) is 2.63. The summed E-state index contributed by atoms with van der Waals surface area (Å²) in [6.45, 7) is 2.95. The van der Waals surface area contributed by atoms with Crippen LogP contribution in [0.3, 0.4) is 0 Å². The van der Waals surface area contributed by atoms with Gasteiger partial charge in [-0.3, -0.25) is 9.78 Å². The van der Waals surface area contributed by atoms with Crippen LogP contribution in [-0.4, -0.2) is 33.7 Å². The van der Waals surface area contributed by atoms with Gasteiger partial charge in [-0.2, -0.15) is 0 Å². The molecular weight excluding hydrogens is 336 g/mol. The highest BCUT2D eigenvalue weighted by Gasteiger charge is 2.22. The number of nitrogens with zero attached hydrogens (tertiary/aromatic N) is 1. The number of carbonyl (C=O) groups excluding carboxylic acids is 1. The summed E-state index contributed by atoms with van der Waals surface area (Å²) in [7, 11) is 0. The first-order valence-electron chi connectivity index (χ1n) is 8.43. The number of ether oxygens (including phenoxy) is 1. The number of hydrogen-bond acceptors (Lipinski definition) is 5. The van der Waals surface area contributed by atoms with E-state index in [1.165, 1.54) is 17.3 Å². The number of aliphatic hydroxyl groups excluding tert-OH is 1. The van der Waals surface area contributed by atoms with Gasteiger partial charge in [-0.25, -0.2) is 0 Å². The Bertz CT molecular complexity index is 704. The molecular formula is C19H22N2O3S. The maximum Gasteiger partial charge on any atom is 0.279 e. The van der Waals surface area contributed by atoms with Gasteiger partial charge >= 0.3 is 0 Å². The van der Waals surface area contributed by atoms with E-state index in [-0.39, 0.29) is 11.8 Å². The summed E-state index contributed by atoms with van der Waals surface area (Å²) >= 11 is 1.36. The summed E-state index contributed by atoms with van der Waals surface area (Å²) in [5, 5.41) is 13.4. The van der Waals surface area contributed by atoms with E-state index in [9.17, 15) is 9.90 Å². The lowest BCUT2D eigenvalue weighted by atomic mass is 10.1. The Labute approximate surface area is 151 Å². The number of aliphatic hydroxyl groups is 1. The van der Waals surface area contributed by atoms with E-state index in [1.807, 2.05) is 36.4 Å². The number of carbonyl (C=O) groups is 1.